The maximum atomic E-state index is 12.0. The Morgan fingerprint density at radius 3 is 2.64 bits per heavy atom. The molecule has 8 heteroatoms. The van der Waals surface area contributed by atoms with Gasteiger partial charge in [-0.15, -0.1) is 0 Å². The summed E-state index contributed by atoms with van der Waals surface area (Å²) in [5.74, 6) is -0.774. The number of nitrogens with one attached hydrogen (secondary N) is 3. The van der Waals surface area contributed by atoms with Gasteiger partial charge in [0.1, 0.15) is 12.1 Å². The minimum absolute atomic E-state index is 0.149. The summed E-state index contributed by atoms with van der Waals surface area (Å²) >= 11 is 0. The zero-order chi connectivity index (χ0) is 16.5. The quantitative estimate of drug-likeness (QED) is 0.670. The van der Waals surface area contributed by atoms with Crippen LogP contribution in [0.1, 0.15) is 32.2 Å². The first-order valence-electron chi connectivity index (χ1n) is 7.13. The molecule has 1 fully saturated rings. The van der Waals surface area contributed by atoms with E-state index in [9.17, 15) is 14.4 Å². The van der Waals surface area contributed by atoms with Crippen molar-refractivity contribution < 1.29 is 14.4 Å². The van der Waals surface area contributed by atoms with Crippen molar-refractivity contribution >= 4 is 17.8 Å². The van der Waals surface area contributed by atoms with Gasteiger partial charge in [0, 0.05) is 18.2 Å². The number of aryl methyl sites for hydroxylation is 1. The smallest absolute Gasteiger partial charge is 0.325 e. The molecule has 0 aliphatic carbocycles. The van der Waals surface area contributed by atoms with Gasteiger partial charge in [0.15, 0.2) is 0 Å². The molecule has 120 valence electrons. The Balaban J connectivity index is 1.87. The summed E-state index contributed by atoms with van der Waals surface area (Å²) in [5.41, 5.74) is 0.840. The maximum absolute atomic E-state index is 12.0. The van der Waals surface area contributed by atoms with Gasteiger partial charge >= 0.3 is 6.03 Å². The number of hydrogen-bond acceptors (Lipinski definition) is 4. The van der Waals surface area contributed by atoms with Crippen molar-refractivity contribution in [3.63, 3.8) is 0 Å². The highest BCUT2D eigenvalue weighted by Gasteiger charge is 2.44. The molecule has 0 aromatic carbocycles. The lowest BCUT2D eigenvalue weighted by atomic mass is 10.1. The van der Waals surface area contributed by atoms with Crippen LogP contribution in [0.4, 0.5) is 4.79 Å². The molecule has 0 unspecified atom stereocenters. The predicted molar refractivity (Wildman–Crippen MR) is 79.0 cm³/mol. The SMILES string of the molecule is Cc1cc(C[C@@H](C)NC(=O)CN2C(=O)NC(C)(C)C2=O)n[nH]1. The first-order chi connectivity index (χ1) is 10.2. The van der Waals surface area contributed by atoms with Crippen molar-refractivity contribution in [2.75, 3.05) is 6.54 Å². The van der Waals surface area contributed by atoms with Crippen LogP contribution >= 0.6 is 0 Å². The van der Waals surface area contributed by atoms with E-state index in [4.69, 9.17) is 0 Å². The fraction of sp³-hybridized carbons (Fsp3) is 0.571. The topological polar surface area (TPSA) is 107 Å². The van der Waals surface area contributed by atoms with E-state index in [1.54, 1.807) is 13.8 Å². The highest BCUT2D eigenvalue weighted by atomic mass is 16.2. The third-order valence-corrected chi connectivity index (χ3v) is 3.43. The van der Waals surface area contributed by atoms with Gasteiger partial charge in [-0.3, -0.25) is 19.6 Å². The monoisotopic (exact) mass is 307 g/mol. The number of carbonyl (C=O) groups excluding carboxylic acids is 3. The van der Waals surface area contributed by atoms with E-state index in [1.165, 1.54) is 0 Å². The summed E-state index contributed by atoms with van der Waals surface area (Å²) in [7, 11) is 0. The lowest BCUT2D eigenvalue weighted by Gasteiger charge is -2.17. The molecule has 2 heterocycles. The highest BCUT2D eigenvalue weighted by molar-refractivity contribution is 6.08. The zero-order valence-electron chi connectivity index (χ0n) is 13.2. The number of imide groups is 1. The Morgan fingerprint density at radius 2 is 2.14 bits per heavy atom. The van der Waals surface area contributed by atoms with Crippen LogP contribution in [0.3, 0.4) is 0 Å². The molecule has 1 aromatic rings. The van der Waals surface area contributed by atoms with E-state index in [0.29, 0.717) is 6.42 Å². The summed E-state index contributed by atoms with van der Waals surface area (Å²) < 4.78 is 0. The summed E-state index contributed by atoms with van der Waals surface area (Å²) in [6.07, 6.45) is 0.571. The number of H-pyrrole nitrogens is 1. The van der Waals surface area contributed by atoms with Gasteiger partial charge in [0.25, 0.3) is 5.91 Å². The first-order valence-corrected chi connectivity index (χ1v) is 7.13. The van der Waals surface area contributed by atoms with Crippen LogP contribution in [0.2, 0.25) is 0 Å². The third kappa shape index (κ3) is 3.44. The second kappa shape index (κ2) is 5.78. The number of urea groups is 1. The Hall–Kier alpha value is -2.38. The number of carbonyl (C=O) groups is 3. The van der Waals surface area contributed by atoms with Crippen LogP contribution in [0.5, 0.6) is 0 Å². The van der Waals surface area contributed by atoms with E-state index >= 15 is 0 Å². The van der Waals surface area contributed by atoms with Crippen molar-refractivity contribution in [1.82, 2.24) is 25.7 Å². The molecule has 4 amide bonds. The lowest BCUT2D eigenvalue weighted by molar-refractivity contribution is -0.134. The van der Waals surface area contributed by atoms with E-state index in [0.717, 1.165) is 16.3 Å². The van der Waals surface area contributed by atoms with Crippen molar-refractivity contribution in [2.45, 2.75) is 45.7 Å². The van der Waals surface area contributed by atoms with Crippen molar-refractivity contribution in [3.8, 4) is 0 Å². The maximum Gasteiger partial charge on any atom is 0.325 e. The number of amides is 4. The average molecular weight is 307 g/mol. The molecule has 0 radical (unpaired) electrons. The second-order valence-electron chi connectivity index (χ2n) is 6.16. The number of aromatic amines is 1. The third-order valence-electron chi connectivity index (χ3n) is 3.43. The van der Waals surface area contributed by atoms with E-state index in [1.807, 2.05) is 19.9 Å². The molecule has 1 saturated heterocycles. The highest BCUT2D eigenvalue weighted by Crippen LogP contribution is 2.16. The van der Waals surface area contributed by atoms with Crippen LogP contribution in [0.15, 0.2) is 6.07 Å². The van der Waals surface area contributed by atoms with Crippen LogP contribution in [0.25, 0.3) is 0 Å². The molecule has 8 nitrogen and oxygen atoms in total. The summed E-state index contributed by atoms with van der Waals surface area (Å²) in [5, 5.41) is 12.2. The molecule has 0 spiro atoms. The van der Waals surface area contributed by atoms with Gasteiger partial charge < -0.3 is 10.6 Å². The molecule has 1 atom stereocenters. The molecule has 1 aromatic heterocycles. The molecule has 3 N–H and O–H groups in total. The van der Waals surface area contributed by atoms with Gasteiger partial charge in [0.05, 0.1) is 5.69 Å². The van der Waals surface area contributed by atoms with Crippen LogP contribution in [0, 0.1) is 6.92 Å². The van der Waals surface area contributed by atoms with Crippen LogP contribution < -0.4 is 10.6 Å². The number of rotatable bonds is 5. The minimum atomic E-state index is -0.963. The molecule has 0 saturated carbocycles. The molecular formula is C14H21N5O3. The molecule has 2 rings (SSSR count). The molecule has 1 aliphatic heterocycles. The van der Waals surface area contributed by atoms with Gasteiger partial charge in [-0.1, -0.05) is 0 Å². The fourth-order valence-electron chi connectivity index (χ4n) is 2.37. The van der Waals surface area contributed by atoms with Crippen molar-refractivity contribution in [2.24, 2.45) is 0 Å². The van der Waals surface area contributed by atoms with Crippen molar-refractivity contribution in [3.05, 3.63) is 17.5 Å². The van der Waals surface area contributed by atoms with E-state index < -0.39 is 17.5 Å². The normalized spacial score (nSPS) is 18.3. The molecule has 22 heavy (non-hydrogen) atoms. The summed E-state index contributed by atoms with van der Waals surface area (Å²) in [6, 6.07) is 1.22. The average Bonchev–Trinajstić information content (AvgIpc) is 2.86. The standard InChI is InChI=1S/C14H21N5O3/c1-8(5-10-6-9(2)17-18-10)15-11(20)7-19-12(21)14(3,4)16-13(19)22/h6,8H,5,7H2,1-4H3,(H,15,20)(H,16,22)(H,17,18)/t8-/m1/s1. The second-order valence-corrected chi connectivity index (χ2v) is 6.16. The number of aromatic nitrogens is 2. The Morgan fingerprint density at radius 1 is 1.45 bits per heavy atom. The molecular weight excluding hydrogens is 286 g/mol. The van der Waals surface area contributed by atoms with Gasteiger partial charge in [-0.2, -0.15) is 5.10 Å². The zero-order valence-corrected chi connectivity index (χ0v) is 13.2. The molecule has 0 bridgehead atoms. The predicted octanol–water partition coefficient (Wildman–Crippen LogP) is 0.0957. The van der Waals surface area contributed by atoms with Crippen molar-refractivity contribution in [1.29, 1.82) is 0 Å². The summed E-state index contributed by atoms with van der Waals surface area (Å²) in [6.45, 7) is 6.68. The Bertz CT molecular complexity index is 607. The molecule has 1 aliphatic rings. The Kier molecular flexibility index (Phi) is 4.20. The van der Waals surface area contributed by atoms with E-state index in [-0.39, 0.29) is 18.5 Å². The van der Waals surface area contributed by atoms with Crippen LogP contribution in [-0.4, -0.2) is 51.1 Å². The fourth-order valence-corrected chi connectivity index (χ4v) is 2.37. The van der Waals surface area contributed by atoms with E-state index in [2.05, 4.69) is 20.8 Å². The van der Waals surface area contributed by atoms with Crippen LogP contribution in [-0.2, 0) is 16.0 Å². The summed E-state index contributed by atoms with van der Waals surface area (Å²) in [4.78, 5) is 36.6. The largest absolute Gasteiger partial charge is 0.352 e. The van der Waals surface area contributed by atoms with Gasteiger partial charge in [-0.25, -0.2) is 4.79 Å². The number of nitrogens with zero attached hydrogens (tertiary/aromatic N) is 2. The number of hydrogen-bond donors (Lipinski definition) is 3. The minimum Gasteiger partial charge on any atom is -0.352 e. The Labute approximate surface area is 128 Å². The van der Waals surface area contributed by atoms with Gasteiger partial charge in [0.2, 0.25) is 5.91 Å². The lowest BCUT2D eigenvalue weighted by Crippen LogP contribution is -2.45. The van der Waals surface area contributed by atoms with Gasteiger partial charge in [-0.05, 0) is 33.8 Å². The first kappa shape index (κ1) is 16.0.